The van der Waals surface area contributed by atoms with Crippen molar-refractivity contribution in [2.75, 3.05) is 37.1 Å². The molecule has 0 radical (unpaired) electrons. The summed E-state index contributed by atoms with van der Waals surface area (Å²) in [4.78, 5) is 39.7. The maximum atomic E-state index is 13.2. The summed E-state index contributed by atoms with van der Waals surface area (Å²) >= 11 is 0. The summed E-state index contributed by atoms with van der Waals surface area (Å²) in [6.45, 7) is 0.657. The van der Waals surface area contributed by atoms with Crippen molar-refractivity contribution >= 4 is 28.9 Å². The van der Waals surface area contributed by atoms with Gasteiger partial charge in [0.25, 0.3) is 5.69 Å². The predicted molar refractivity (Wildman–Crippen MR) is 109 cm³/mol. The van der Waals surface area contributed by atoms with Gasteiger partial charge in [0.15, 0.2) is 0 Å². The van der Waals surface area contributed by atoms with Crippen LogP contribution >= 0.6 is 0 Å². The highest BCUT2D eigenvalue weighted by atomic mass is 16.6. The zero-order chi connectivity index (χ0) is 21.4. The Kier molecular flexibility index (Phi) is 5.03. The molecule has 2 heterocycles. The molecule has 0 N–H and O–H groups in total. The highest BCUT2D eigenvalue weighted by Crippen LogP contribution is 2.38. The van der Waals surface area contributed by atoms with Gasteiger partial charge < -0.3 is 19.3 Å². The van der Waals surface area contributed by atoms with Gasteiger partial charge in [0.1, 0.15) is 11.5 Å². The minimum atomic E-state index is -0.543. The molecule has 9 nitrogen and oxygen atoms in total. The highest BCUT2D eigenvalue weighted by molar-refractivity contribution is 6.06. The van der Waals surface area contributed by atoms with E-state index in [0.717, 1.165) is 5.56 Å². The Hall–Kier alpha value is -3.62. The maximum absolute atomic E-state index is 13.2. The minimum absolute atomic E-state index is 0.0568. The number of nitro groups is 1. The van der Waals surface area contributed by atoms with Crippen LogP contribution in [0.4, 0.5) is 17.1 Å². The molecular formula is C21H21N3O6. The third kappa shape index (κ3) is 3.32. The Morgan fingerprint density at radius 1 is 1.13 bits per heavy atom. The van der Waals surface area contributed by atoms with Gasteiger partial charge in [0.05, 0.1) is 36.4 Å². The van der Waals surface area contributed by atoms with Crippen LogP contribution in [0, 0.1) is 16.0 Å². The van der Waals surface area contributed by atoms with E-state index in [1.165, 1.54) is 31.3 Å². The number of anilines is 2. The van der Waals surface area contributed by atoms with E-state index >= 15 is 0 Å². The van der Waals surface area contributed by atoms with Crippen LogP contribution in [0.25, 0.3) is 0 Å². The molecule has 2 aliphatic heterocycles. The fraction of sp³-hybridized carbons (Fsp3) is 0.333. The van der Waals surface area contributed by atoms with Gasteiger partial charge in [-0.2, -0.15) is 0 Å². The standard InChI is InChI=1S/C21H21N3O6/c1-29-16-5-6-19(30-2)18(11-16)23-12-14(9-20(23)25)21(26)22-8-7-13-3-4-15(24(27)28)10-17(13)22/h3-6,10-11,14H,7-9,12H2,1-2H3. The van der Waals surface area contributed by atoms with Crippen LogP contribution < -0.4 is 19.3 Å². The van der Waals surface area contributed by atoms with Gasteiger partial charge in [0.2, 0.25) is 11.8 Å². The van der Waals surface area contributed by atoms with E-state index < -0.39 is 10.8 Å². The summed E-state index contributed by atoms with van der Waals surface area (Å²) in [6.07, 6.45) is 0.702. The molecule has 1 unspecified atom stereocenters. The molecule has 2 amide bonds. The molecule has 0 saturated carbocycles. The van der Waals surface area contributed by atoms with E-state index in [1.54, 1.807) is 29.2 Å². The number of rotatable bonds is 5. The van der Waals surface area contributed by atoms with Crippen LogP contribution in [-0.4, -0.2) is 44.0 Å². The van der Waals surface area contributed by atoms with Crippen LogP contribution in [0.5, 0.6) is 11.5 Å². The fourth-order valence-corrected chi connectivity index (χ4v) is 4.04. The molecule has 4 rings (SSSR count). The van der Waals surface area contributed by atoms with Crippen molar-refractivity contribution in [3.63, 3.8) is 0 Å². The molecule has 0 aromatic heterocycles. The van der Waals surface area contributed by atoms with Crippen molar-refractivity contribution in [3.05, 3.63) is 52.1 Å². The smallest absolute Gasteiger partial charge is 0.271 e. The van der Waals surface area contributed by atoms with E-state index in [4.69, 9.17) is 9.47 Å². The molecule has 2 aromatic carbocycles. The third-order valence-corrected chi connectivity index (χ3v) is 5.59. The summed E-state index contributed by atoms with van der Waals surface area (Å²) in [5.41, 5.74) is 1.94. The highest BCUT2D eigenvalue weighted by Gasteiger charge is 2.40. The number of benzene rings is 2. The average Bonchev–Trinajstić information content (AvgIpc) is 3.35. The predicted octanol–water partition coefficient (Wildman–Crippen LogP) is 2.55. The van der Waals surface area contributed by atoms with Crippen molar-refractivity contribution in [1.82, 2.24) is 0 Å². The lowest BCUT2D eigenvalue weighted by Crippen LogP contribution is -2.36. The monoisotopic (exact) mass is 411 g/mol. The van der Waals surface area contributed by atoms with Gasteiger partial charge in [-0.05, 0) is 24.1 Å². The van der Waals surface area contributed by atoms with Crippen LogP contribution in [0.2, 0.25) is 0 Å². The second-order valence-corrected chi connectivity index (χ2v) is 7.25. The Labute approximate surface area is 172 Å². The Morgan fingerprint density at radius 2 is 1.93 bits per heavy atom. The van der Waals surface area contributed by atoms with Crippen LogP contribution in [0.3, 0.4) is 0 Å². The summed E-state index contributed by atoms with van der Waals surface area (Å²) in [7, 11) is 3.05. The normalized spacial score (nSPS) is 17.8. The lowest BCUT2D eigenvalue weighted by atomic mass is 10.1. The topological polar surface area (TPSA) is 102 Å². The summed E-state index contributed by atoms with van der Waals surface area (Å²) in [6, 6.07) is 9.72. The van der Waals surface area contributed by atoms with E-state index in [0.29, 0.717) is 35.8 Å². The SMILES string of the molecule is COc1ccc(OC)c(N2CC(C(=O)N3CCc4ccc([N+](=O)[O-])cc43)CC2=O)c1. The molecule has 0 bridgehead atoms. The number of hydrogen-bond donors (Lipinski definition) is 0. The van der Waals surface area contributed by atoms with Gasteiger partial charge in [-0.1, -0.05) is 6.07 Å². The molecule has 0 aliphatic carbocycles. The number of methoxy groups -OCH3 is 2. The molecule has 0 spiro atoms. The molecule has 2 aliphatic rings. The Morgan fingerprint density at radius 3 is 2.63 bits per heavy atom. The van der Waals surface area contributed by atoms with Gasteiger partial charge >= 0.3 is 0 Å². The second kappa shape index (κ2) is 7.66. The average molecular weight is 411 g/mol. The first-order valence-electron chi connectivity index (χ1n) is 9.54. The van der Waals surface area contributed by atoms with Gasteiger partial charge in [-0.15, -0.1) is 0 Å². The molecule has 1 fully saturated rings. The van der Waals surface area contributed by atoms with Crippen LogP contribution in [0.1, 0.15) is 12.0 Å². The lowest BCUT2D eigenvalue weighted by molar-refractivity contribution is -0.384. The number of nitro benzene ring substituents is 1. The maximum Gasteiger partial charge on any atom is 0.271 e. The number of fused-ring (bicyclic) bond motifs is 1. The van der Waals surface area contributed by atoms with Gasteiger partial charge in [-0.3, -0.25) is 19.7 Å². The molecule has 1 atom stereocenters. The minimum Gasteiger partial charge on any atom is -0.497 e. The number of carbonyl (C=O) groups excluding carboxylic acids is 2. The molecule has 2 aromatic rings. The van der Waals surface area contributed by atoms with E-state index in [2.05, 4.69) is 0 Å². The van der Waals surface area contributed by atoms with Crippen molar-refractivity contribution in [1.29, 1.82) is 0 Å². The number of hydrogen-bond acceptors (Lipinski definition) is 6. The first-order chi connectivity index (χ1) is 14.4. The number of nitrogens with zero attached hydrogens (tertiary/aromatic N) is 3. The van der Waals surface area contributed by atoms with Crippen molar-refractivity contribution in [3.8, 4) is 11.5 Å². The number of ether oxygens (including phenoxy) is 2. The summed E-state index contributed by atoms with van der Waals surface area (Å²) in [5.74, 6) is 0.164. The molecule has 9 heteroatoms. The largest absolute Gasteiger partial charge is 0.497 e. The van der Waals surface area contributed by atoms with Crippen molar-refractivity contribution in [2.24, 2.45) is 5.92 Å². The Balaban J connectivity index is 1.58. The first-order valence-corrected chi connectivity index (χ1v) is 9.54. The number of non-ortho nitro benzene ring substituents is 1. The van der Waals surface area contributed by atoms with Crippen LogP contribution in [0.15, 0.2) is 36.4 Å². The summed E-state index contributed by atoms with van der Waals surface area (Å²) < 4.78 is 10.6. The zero-order valence-electron chi connectivity index (χ0n) is 16.7. The lowest BCUT2D eigenvalue weighted by Gasteiger charge is -2.22. The molecule has 156 valence electrons. The van der Waals surface area contributed by atoms with Gasteiger partial charge in [0, 0.05) is 37.7 Å². The van der Waals surface area contributed by atoms with E-state index in [9.17, 15) is 19.7 Å². The second-order valence-electron chi connectivity index (χ2n) is 7.25. The van der Waals surface area contributed by atoms with E-state index in [1.807, 2.05) is 0 Å². The first kappa shape index (κ1) is 19.7. The molecule has 1 saturated heterocycles. The quantitative estimate of drug-likeness (QED) is 0.553. The number of carbonyl (C=O) groups is 2. The fourth-order valence-electron chi connectivity index (χ4n) is 4.04. The van der Waals surface area contributed by atoms with Crippen molar-refractivity contribution < 1.29 is 24.0 Å². The zero-order valence-corrected chi connectivity index (χ0v) is 16.7. The Bertz CT molecular complexity index is 1040. The van der Waals surface area contributed by atoms with E-state index in [-0.39, 0.29) is 30.5 Å². The van der Waals surface area contributed by atoms with Crippen LogP contribution in [-0.2, 0) is 16.0 Å². The number of amides is 2. The summed E-state index contributed by atoms with van der Waals surface area (Å²) in [5, 5.41) is 11.1. The van der Waals surface area contributed by atoms with Gasteiger partial charge in [-0.25, -0.2) is 0 Å². The third-order valence-electron chi connectivity index (χ3n) is 5.59. The van der Waals surface area contributed by atoms with Crippen molar-refractivity contribution in [2.45, 2.75) is 12.8 Å². The molecule has 30 heavy (non-hydrogen) atoms. The molecular weight excluding hydrogens is 390 g/mol.